The van der Waals surface area contributed by atoms with Gasteiger partial charge in [0, 0.05) is 6.42 Å². The molecule has 66 valence electrons. The van der Waals surface area contributed by atoms with Gasteiger partial charge in [-0.15, -0.1) is 10.2 Å². The molecule has 1 rings (SSSR count). The molecule has 5 nitrogen and oxygen atoms in total. The van der Waals surface area contributed by atoms with E-state index >= 15 is 0 Å². The Balaban J connectivity index is 2.68. The summed E-state index contributed by atoms with van der Waals surface area (Å²) in [6, 6.07) is 0. The highest BCUT2D eigenvalue weighted by atomic mass is 16.5. The lowest BCUT2D eigenvalue weighted by molar-refractivity contribution is 0.0479. The van der Waals surface area contributed by atoms with E-state index in [9.17, 15) is 4.79 Å². The van der Waals surface area contributed by atoms with E-state index in [1.54, 1.807) is 6.92 Å². The average molecular weight is 170 g/mol. The highest BCUT2D eigenvalue weighted by Gasteiger charge is 2.14. The van der Waals surface area contributed by atoms with Crippen LogP contribution in [0, 0.1) is 0 Å². The molecule has 12 heavy (non-hydrogen) atoms. The lowest BCUT2D eigenvalue weighted by atomic mass is 10.5. The molecule has 0 N–H and O–H groups in total. The molecule has 1 aromatic rings. The number of aryl methyl sites for hydroxylation is 1. The van der Waals surface area contributed by atoms with Crippen LogP contribution in [0.2, 0.25) is 0 Å². The van der Waals surface area contributed by atoms with Gasteiger partial charge in [-0.2, -0.15) is 0 Å². The monoisotopic (exact) mass is 170 g/mol. The van der Waals surface area contributed by atoms with Gasteiger partial charge in [0.2, 0.25) is 5.89 Å². The van der Waals surface area contributed by atoms with E-state index in [2.05, 4.69) is 14.9 Å². The van der Waals surface area contributed by atoms with Gasteiger partial charge in [0.05, 0.1) is 6.61 Å². The Labute approximate surface area is 69.7 Å². The molecule has 5 heteroatoms. The molecule has 0 spiro atoms. The molecular weight excluding hydrogens is 160 g/mol. The predicted octanol–water partition coefficient (Wildman–Crippen LogP) is 0.809. The van der Waals surface area contributed by atoms with Gasteiger partial charge in [-0.25, -0.2) is 4.79 Å². The van der Waals surface area contributed by atoms with Crippen LogP contribution in [0.1, 0.15) is 30.4 Å². The highest BCUT2D eigenvalue weighted by Crippen LogP contribution is 2.01. The summed E-state index contributed by atoms with van der Waals surface area (Å²) >= 11 is 0. The van der Waals surface area contributed by atoms with Crippen LogP contribution in [-0.2, 0) is 11.2 Å². The van der Waals surface area contributed by atoms with Crippen LogP contribution in [0.4, 0.5) is 0 Å². The van der Waals surface area contributed by atoms with Crippen molar-refractivity contribution < 1.29 is 13.9 Å². The zero-order valence-corrected chi connectivity index (χ0v) is 7.03. The third kappa shape index (κ3) is 1.81. The smallest absolute Gasteiger partial charge is 0.396 e. The SMILES string of the molecule is CCOC(=O)c1nnc(CC)o1. The fraction of sp³-hybridized carbons (Fsp3) is 0.571. The molecule has 0 amide bonds. The number of ether oxygens (including phenoxy) is 1. The van der Waals surface area contributed by atoms with Gasteiger partial charge in [-0.3, -0.25) is 0 Å². The lowest BCUT2D eigenvalue weighted by Crippen LogP contribution is -2.04. The molecule has 0 saturated heterocycles. The maximum Gasteiger partial charge on any atom is 0.396 e. The van der Waals surface area contributed by atoms with Gasteiger partial charge in [-0.1, -0.05) is 6.92 Å². The van der Waals surface area contributed by atoms with Crippen molar-refractivity contribution in [2.24, 2.45) is 0 Å². The summed E-state index contributed by atoms with van der Waals surface area (Å²) in [5.74, 6) is -0.198. The number of aromatic nitrogens is 2. The van der Waals surface area contributed by atoms with Crippen molar-refractivity contribution in [2.75, 3.05) is 6.61 Å². The Bertz CT molecular complexity index is 269. The molecule has 0 fully saturated rings. The summed E-state index contributed by atoms with van der Waals surface area (Å²) < 4.78 is 9.60. The first kappa shape index (κ1) is 8.70. The van der Waals surface area contributed by atoms with Gasteiger partial charge in [0.1, 0.15) is 0 Å². The molecular formula is C7H10N2O3. The Morgan fingerprint density at radius 1 is 1.50 bits per heavy atom. The Hall–Kier alpha value is -1.39. The minimum absolute atomic E-state index is 0.0753. The van der Waals surface area contributed by atoms with Crippen LogP contribution in [0.3, 0.4) is 0 Å². The molecule has 1 heterocycles. The van der Waals surface area contributed by atoms with Crippen LogP contribution >= 0.6 is 0 Å². The molecule has 0 aromatic carbocycles. The van der Waals surface area contributed by atoms with Crippen LogP contribution in [0.15, 0.2) is 4.42 Å². The van der Waals surface area contributed by atoms with Crippen molar-refractivity contribution in [2.45, 2.75) is 20.3 Å². The van der Waals surface area contributed by atoms with Crippen LogP contribution in [0.25, 0.3) is 0 Å². The average Bonchev–Trinajstić information content (AvgIpc) is 2.52. The minimum atomic E-state index is -0.565. The maximum absolute atomic E-state index is 11.0. The molecule has 0 radical (unpaired) electrons. The Morgan fingerprint density at radius 3 is 2.75 bits per heavy atom. The highest BCUT2D eigenvalue weighted by molar-refractivity contribution is 5.83. The standard InChI is InChI=1S/C7H10N2O3/c1-3-5-8-9-6(12-5)7(10)11-4-2/h3-4H2,1-2H3. The van der Waals surface area contributed by atoms with Crippen LogP contribution in [-0.4, -0.2) is 22.8 Å². The Morgan fingerprint density at radius 2 is 2.25 bits per heavy atom. The van der Waals surface area contributed by atoms with E-state index < -0.39 is 5.97 Å². The van der Waals surface area contributed by atoms with E-state index in [1.165, 1.54) is 0 Å². The summed E-state index contributed by atoms with van der Waals surface area (Å²) in [4.78, 5) is 11.0. The number of rotatable bonds is 3. The molecule has 1 aromatic heterocycles. The molecule has 0 aliphatic carbocycles. The number of hydrogen-bond acceptors (Lipinski definition) is 5. The first-order valence-corrected chi connectivity index (χ1v) is 3.77. The third-order valence-corrected chi connectivity index (χ3v) is 1.22. The summed E-state index contributed by atoms with van der Waals surface area (Å²) in [6.07, 6.45) is 0.617. The molecule has 0 unspecified atom stereocenters. The Kier molecular flexibility index (Phi) is 2.79. The second kappa shape index (κ2) is 3.85. The molecule has 0 bridgehead atoms. The largest absolute Gasteiger partial charge is 0.459 e. The predicted molar refractivity (Wildman–Crippen MR) is 39.6 cm³/mol. The second-order valence-electron chi connectivity index (χ2n) is 2.07. The van der Waals surface area contributed by atoms with E-state index in [-0.39, 0.29) is 5.89 Å². The zero-order valence-electron chi connectivity index (χ0n) is 7.03. The quantitative estimate of drug-likeness (QED) is 0.628. The molecule has 0 saturated carbocycles. The second-order valence-corrected chi connectivity index (χ2v) is 2.07. The first-order valence-electron chi connectivity index (χ1n) is 3.77. The minimum Gasteiger partial charge on any atom is -0.459 e. The molecule has 0 aliphatic heterocycles. The topological polar surface area (TPSA) is 65.2 Å². The first-order chi connectivity index (χ1) is 5.77. The number of esters is 1. The van der Waals surface area contributed by atoms with E-state index in [4.69, 9.17) is 4.42 Å². The van der Waals surface area contributed by atoms with E-state index in [0.717, 1.165) is 0 Å². The van der Waals surface area contributed by atoms with Gasteiger partial charge in [-0.05, 0) is 6.92 Å². The van der Waals surface area contributed by atoms with Gasteiger partial charge >= 0.3 is 11.9 Å². The van der Waals surface area contributed by atoms with Crippen molar-refractivity contribution in [1.82, 2.24) is 10.2 Å². The lowest BCUT2D eigenvalue weighted by Gasteiger charge is -1.93. The van der Waals surface area contributed by atoms with Crippen molar-refractivity contribution in [1.29, 1.82) is 0 Å². The van der Waals surface area contributed by atoms with Gasteiger partial charge in [0.15, 0.2) is 0 Å². The van der Waals surface area contributed by atoms with Crippen molar-refractivity contribution in [3.63, 3.8) is 0 Å². The normalized spacial score (nSPS) is 9.83. The van der Waals surface area contributed by atoms with Gasteiger partial charge < -0.3 is 9.15 Å². The molecule has 0 atom stereocenters. The summed E-state index contributed by atoms with van der Waals surface area (Å²) in [5, 5.41) is 7.13. The van der Waals surface area contributed by atoms with Crippen LogP contribution < -0.4 is 0 Å². The van der Waals surface area contributed by atoms with Crippen LogP contribution in [0.5, 0.6) is 0 Å². The summed E-state index contributed by atoms with van der Waals surface area (Å²) in [6.45, 7) is 3.89. The van der Waals surface area contributed by atoms with Crippen molar-refractivity contribution in [3.8, 4) is 0 Å². The number of carbonyl (C=O) groups excluding carboxylic acids is 1. The number of nitrogens with zero attached hydrogens (tertiary/aromatic N) is 2. The molecule has 0 aliphatic rings. The number of carbonyl (C=O) groups is 1. The summed E-state index contributed by atoms with van der Waals surface area (Å²) in [7, 11) is 0. The fourth-order valence-electron chi connectivity index (χ4n) is 0.672. The fourth-order valence-corrected chi connectivity index (χ4v) is 0.672. The van der Waals surface area contributed by atoms with E-state index in [0.29, 0.717) is 18.9 Å². The van der Waals surface area contributed by atoms with Gasteiger partial charge in [0.25, 0.3) is 0 Å². The van der Waals surface area contributed by atoms with Crippen molar-refractivity contribution in [3.05, 3.63) is 11.8 Å². The van der Waals surface area contributed by atoms with Crippen molar-refractivity contribution >= 4 is 5.97 Å². The third-order valence-electron chi connectivity index (χ3n) is 1.22. The number of hydrogen-bond donors (Lipinski definition) is 0. The maximum atomic E-state index is 11.0. The zero-order chi connectivity index (χ0) is 8.97. The summed E-state index contributed by atoms with van der Waals surface area (Å²) in [5.41, 5.74) is 0. The van der Waals surface area contributed by atoms with E-state index in [1.807, 2.05) is 6.92 Å².